The van der Waals surface area contributed by atoms with Gasteiger partial charge in [0.1, 0.15) is 6.33 Å². The number of amides is 1. The normalized spacial score (nSPS) is 27.9. The van der Waals surface area contributed by atoms with E-state index in [4.69, 9.17) is 4.74 Å². The zero-order valence-corrected chi connectivity index (χ0v) is 17.0. The monoisotopic (exact) mass is 370 g/mol. The van der Waals surface area contributed by atoms with Gasteiger partial charge < -0.3 is 10.1 Å². The number of aryl methyl sites for hydroxylation is 2. The van der Waals surface area contributed by atoms with Crippen LogP contribution in [0.25, 0.3) is 5.65 Å². The van der Waals surface area contributed by atoms with E-state index in [0.29, 0.717) is 29.3 Å². The highest BCUT2D eigenvalue weighted by molar-refractivity contribution is 5.98. The second-order valence-corrected chi connectivity index (χ2v) is 9.25. The molecule has 2 aromatic rings. The number of hydrogen-bond acceptors (Lipinski definition) is 4. The molecule has 6 nitrogen and oxygen atoms in total. The van der Waals surface area contributed by atoms with E-state index in [1.807, 2.05) is 24.3 Å². The lowest BCUT2D eigenvalue weighted by Crippen LogP contribution is -2.47. The lowest BCUT2D eigenvalue weighted by molar-refractivity contribution is -0.0875. The summed E-state index contributed by atoms with van der Waals surface area (Å²) in [7, 11) is 0. The topological polar surface area (TPSA) is 68.5 Å². The highest BCUT2D eigenvalue weighted by atomic mass is 16.5. The number of hydrogen-bond donors (Lipinski definition) is 1. The predicted octanol–water partition coefficient (Wildman–Crippen LogP) is 3.45. The second kappa shape index (κ2) is 6.59. The lowest BCUT2D eigenvalue weighted by Gasteiger charge is -2.38. The molecular weight excluding hydrogens is 340 g/mol. The average Bonchev–Trinajstić information content (AvgIpc) is 3.05. The van der Waals surface area contributed by atoms with Gasteiger partial charge >= 0.3 is 0 Å². The Bertz CT molecular complexity index is 853. The molecule has 0 aromatic carbocycles. The molecular formula is C21H30N4O2. The van der Waals surface area contributed by atoms with E-state index < -0.39 is 0 Å². The van der Waals surface area contributed by atoms with Crippen LogP contribution in [0.1, 0.15) is 68.3 Å². The van der Waals surface area contributed by atoms with Gasteiger partial charge in [-0.25, -0.2) is 9.97 Å². The van der Waals surface area contributed by atoms with Gasteiger partial charge in [0.25, 0.3) is 5.91 Å². The van der Waals surface area contributed by atoms with Crippen LogP contribution in [0.5, 0.6) is 0 Å². The van der Waals surface area contributed by atoms with Crippen LogP contribution in [0.3, 0.4) is 0 Å². The van der Waals surface area contributed by atoms with Crippen LogP contribution in [0.2, 0.25) is 0 Å². The standard InChI is InChI=1S/C21H30N4O2/c1-12-8-13(2)25-11-22-18(19(25)23-12)20(26)24-17-14-6-7-15(17)10-16(9-14)27-21(3,4)5/h8,11,14-17H,6-7,9-10H2,1-5H3,(H,24,26)/t14-,15+,16+,17+. The van der Waals surface area contributed by atoms with Crippen LogP contribution in [-0.2, 0) is 4.74 Å². The third kappa shape index (κ3) is 3.59. The van der Waals surface area contributed by atoms with Crippen LogP contribution in [0.15, 0.2) is 12.4 Å². The third-order valence-corrected chi connectivity index (χ3v) is 5.91. The molecule has 146 valence electrons. The molecule has 0 aliphatic heterocycles. The Balaban J connectivity index is 1.50. The molecule has 0 radical (unpaired) electrons. The smallest absolute Gasteiger partial charge is 0.274 e. The molecule has 2 bridgehead atoms. The maximum atomic E-state index is 13.0. The van der Waals surface area contributed by atoms with Crippen molar-refractivity contribution in [1.82, 2.24) is 19.7 Å². The molecule has 6 heteroatoms. The van der Waals surface area contributed by atoms with Crippen molar-refractivity contribution >= 4 is 11.6 Å². The minimum absolute atomic E-state index is 0.105. The Morgan fingerprint density at radius 3 is 2.52 bits per heavy atom. The first-order valence-electron chi connectivity index (χ1n) is 10.0. The summed E-state index contributed by atoms with van der Waals surface area (Å²) < 4.78 is 8.11. The highest BCUT2D eigenvalue weighted by Crippen LogP contribution is 2.44. The van der Waals surface area contributed by atoms with Gasteiger partial charge in [0.2, 0.25) is 0 Å². The molecule has 2 saturated carbocycles. The van der Waals surface area contributed by atoms with Gasteiger partial charge in [-0.15, -0.1) is 0 Å². The predicted molar refractivity (Wildman–Crippen MR) is 104 cm³/mol. The van der Waals surface area contributed by atoms with Gasteiger partial charge in [0, 0.05) is 17.4 Å². The molecule has 2 aliphatic carbocycles. The minimum atomic E-state index is -0.114. The van der Waals surface area contributed by atoms with Crippen molar-refractivity contribution in [2.45, 2.75) is 78.0 Å². The van der Waals surface area contributed by atoms with Crippen molar-refractivity contribution in [1.29, 1.82) is 0 Å². The summed E-state index contributed by atoms with van der Waals surface area (Å²) in [6, 6.07) is 2.22. The number of ether oxygens (including phenoxy) is 1. The maximum Gasteiger partial charge on any atom is 0.274 e. The number of carbonyl (C=O) groups is 1. The average molecular weight is 370 g/mol. The molecule has 0 spiro atoms. The van der Waals surface area contributed by atoms with Crippen molar-refractivity contribution in [3.05, 3.63) is 29.5 Å². The highest BCUT2D eigenvalue weighted by Gasteiger charge is 2.44. The molecule has 27 heavy (non-hydrogen) atoms. The molecule has 2 aromatic heterocycles. The second-order valence-electron chi connectivity index (χ2n) is 9.25. The molecule has 1 amide bonds. The van der Waals surface area contributed by atoms with Gasteiger partial charge in [-0.2, -0.15) is 0 Å². The van der Waals surface area contributed by atoms with Crippen LogP contribution in [0, 0.1) is 25.7 Å². The summed E-state index contributed by atoms with van der Waals surface area (Å²) in [5, 5.41) is 3.29. The molecule has 2 aliphatic rings. The lowest BCUT2D eigenvalue weighted by atomic mass is 9.82. The molecule has 1 N–H and O–H groups in total. The minimum Gasteiger partial charge on any atom is -0.373 e. The van der Waals surface area contributed by atoms with E-state index in [0.717, 1.165) is 24.2 Å². The fraction of sp³-hybridized carbons (Fsp3) is 0.667. The zero-order valence-electron chi connectivity index (χ0n) is 17.0. The molecule has 2 heterocycles. The van der Waals surface area contributed by atoms with Crippen molar-refractivity contribution < 1.29 is 9.53 Å². The maximum absolute atomic E-state index is 13.0. The first-order chi connectivity index (χ1) is 12.7. The Morgan fingerprint density at radius 1 is 1.22 bits per heavy atom. The van der Waals surface area contributed by atoms with E-state index in [9.17, 15) is 4.79 Å². The fourth-order valence-electron chi connectivity index (χ4n) is 4.96. The summed E-state index contributed by atoms with van der Waals surface area (Å²) >= 11 is 0. The Hall–Kier alpha value is -1.95. The van der Waals surface area contributed by atoms with Crippen LogP contribution < -0.4 is 5.32 Å². The van der Waals surface area contributed by atoms with Crippen molar-refractivity contribution in [2.75, 3.05) is 0 Å². The van der Waals surface area contributed by atoms with Crippen LogP contribution in [0.4, 0.5) is 0 Å². The van der Waals surface area contributed by atoms with E-state index in [-0.39, 0.29) is 17.6 Å². The molecule has 0 unspecified atom stereocenters. The molecule has 4 atom stereocenters. The number of nitrogens with zero attached hydrogens (tertiary/aromatic N) is 3. The fourth-order valence-corrected chi connectivity index (χ4v) is 4.96. The number of fused-ring (bicyclic) bond motifs is 3. The quantitative estimate of drug-likeness (QED) is 0.898. The first kappa shape index (κ1) is 18.4. The summed E-state index contributed by atoms with van der Waals surface area (Å²) in [4.78, 5) is 21.9. The first-order valence-corrected chi connectivity index (χ1v) is 10.0. The van der Waals surface area contributed by atoms with Crippen molar-refractivity contribution in [3.63, 3.8) is 0 Å². The number of rotatable bonds is 3. The SMILES string of the molecule is Cc1cc(C)n2cnc(C(=O)N[C@H]3[C@@H]4CC[C@H]3C[C@@H](OC(C)(C)C)C4)c2n1. The Labute approximate surface area is 160 Å². The van der Waals surface area contributed by atoms with E-state index in [1.54, 1.807) is 6.33 Å². The van der Waals surface area contributed by atoms with Gasteiger partial charge in [-0.1, -0.05) is 0 Å². The number of aromatic nitrogens is 3. The summed E-state index contributed by atoms with van der Waals surface area (Å²) in [6.45, 7) is 10.3. The van der Waals surface area contributed by atoms with Crippen LogP contribution >= 0.6 is 0 Å². The molecule has 0 saturated heterocycles. The van der Waals surface area contributed by atoms with Crippen molar-refractivity contribution in [3.8, 4) is 0 Å². The van der Waals surface area contributed by atoms with Gasteiger partial charge in [0.15, 0.2) is 11.3 Å². The number of nitrogens with one attached hydrogen (secondary N) is 1. The Kier molecular flexibility index (Phi) is 4.49. The summed E-state index contributed by atoms with van der Waals surface area (Å²) in [6.07, 6.45) is 6.38. The summed E-state index contributed by atoms with van der Waals surface area (Å²) in [5.74, 6) is 0.878. The van der Waals surface area contributed by atoms with E-state index >= 15 is 0 Å². The van der Waals surface area contributed by atoms with Gasteiger partial charge in [0.05, 0.1) is 11.7 Å². The number of carbonyl (C=O) groups excluding carboxylic acids is 1. The molecule has 4 rings (SSSR count). The zero-order chi connectivity index (χ0) is 19.3. The van der Waals surface area contributed by atoms with E-state index in [1.165, 1.54) is 12.8 Å². The van der Waals surface area contributed by atoms with Crippen molar-refractivity contribution in [2.24, 2.45) is 11.8 Å². The third-order valence-electron chi connectivity index (χ3n) is 5.91. The largest absolute Gasteiger partial charge is 0.373 e. The number of imidazole rings is 1. The van der Waals surface area contributed by atoms with Gasteiger partial charge in [-0.05, 0) is 78.2 Å². The van der Waals surface area contributed by atoms with Gasteiger partial charge in [-0.3, -0.25) is 9.20 Å². The molecule has 2 fully saturated rings. The van der Waals surface area contributed by atoms with E-state index in [2.05, 4.69) is 36.1 Å². The Morgan fingerprint density at radius 2 is 1.89 bits per heavy atom. The summed E-state index contributed by atoms with van der Waals surface area (Å²) in [5.41, 5.74) is 2.88. The van der Waals surface area contributed by atoms with Crippen LogP contribution in [-0.4, -0.2) is 38.0 Å².